The minimum atomic E-state index is -2.47. The molecular weight excluding hydrogens is 1860 g/mol. The first-order valence-electron chi connectivity index (χ1n) is 45.0. The third-order valence-corrected chi connectivity index (χ3v) is 26.4. The maximum absolute atomic E-state index is 13.1. The number of carbonyl (C=O) groups excluding carboxylic acids is 4. The summed E-state index contributed by atoms with van der Waals surface area (Å²) in [6.45, 7) is 9.49. The fourth-order valence-electron chi connectivity index (χ4n) is 18.4. The molecule has 12 aliphatic rings. The van der Waals surface area contributed by atoms with Gasteiger partial charge in [-0.05, 0) is 55.4 Å². The van der Waals surface area contributed by atoms with Crippen LogP contribution in [0.5, 0.6) is 0 Å². The van der Waals surface area contributed by atoms with Gasteiger partial charge in [0.15, 0.2) is 75.5 Å². The molecule has 137 heavy (non-hydrogen) atoms. The van der Waals surface area contributed by atoms with Gasteiger partial charge in [-0.2, -0.15) is 0 Å². The second-order valence-electron chi connectivity index (χ2n) is 36.4. The van der Waals surface area contributed by atoms with Crippen LogP contribution >= 0.6 is 0 Å². The Kier molecular flexibility index (Phi) is 38.5. The number of amides is 4. The van der Waals surface area contributed by atoms with Gasteiger partial charge < -0.3 is 263 Å². The maximum Gasteiger partial charge on any atom is 0.217 e. The summed E-state index contributed by atoms with van der Waals surface area (Å²) in [5.41, 5.74) is 0. The molecule has 57 nitrogen and oxygen atoms in total. The van der Waals surface area contributed by atoms with Crippen molar-refractivity contribution in [2.24, 2.45) is 0 Å². The molecule has 0 saturated carbocycles. The van der Waals surface area contributed by atoms with Crippen LogP contribution in [0, 0.1) is 0 Å². The molecule has 60 atom stereocenters. The second-order valence-corrected chi connectivity index (χ2v) is 36.4. The van der Waals surface area contributed by atoms with E-state index >= 15 is 0 Å². The average molecular weight is 2000 g/mol. The van der Waals surface area contributed by atoms with Crippen molar-refractivity contribution in [1.82, 2.24) is 21.3 Å². The molecule has 0 aromatic heterocycles. The van der Waals surface area contributed by atoms with E-state index in [4.69, 9.17) is 109 Å². The molecule has 12 fully saturated rings. The lowest BCUT2D eigenvalue weighted by Gasteiger charge is -2.53. The van der Waals surface area contributed by atoms with Crippen molar-refractivity contribution in [2.45, 2.75) is 451 Å². The van der Waals surface area contributed by atoms with E-state index in [2.05, 4.69) is 21.3 Å². The quantitative estimate of drug-likeness (QED) is 0.0318. The van der Waals surface area contributed by atoms with Crippen LogP contribution in [0.1, 0.15) is 83.1 Å². The van der Waals surface area contributed by atoms with E-state index in [-0.39, 0.29) is 0 Å². The average Bonchev–Trinajstić information content (AvgIpc) is 0.758. The third-order valence-electron chi connectivity index (χ3n) is 26.4. The van der Waals surface area contributed by atoms with Crippen molar-refractivity contribution < 1.29 is 261 Å². The molecule has 57 heteroatoms. The Morgan fingerprint density at radius 1 is 0.190 bits per heavy atom. The molecule has 0 spiro atoms. The third kappa shape index (κ3) is 24.1. The van der Waals surface area contributed by atoms with Gasteiger partial charge in [0.2, 0.25) is 23.6 Å². The molecule has 0 aliphatic carbocycles. The summed E-state index contributed by atoms with van der Waals surface area (Å²) < 4.78 is 145. The highest BCUT2D eigenvalue weighted by atomic mass is 16.8. The lowest BCUT2D eigenvalue weighted by Crippen LogP contribution is -2.70. The van der Waals surface area contributed by atoms with Crippen molar-refractivity contribution in [3.63, 3.8) is 0 Å². The van der Waals surface area contributed by atoms with Crippen molar-refractivity contribution in [2.75, 3.05) is 26.4 Å². The SMILES string of the molecule is CC(=O)N[C@H]1[C@H](O[C@@H]2[C@@H](O)[C@H](C)O[C@@H](O)[C@@H]2O[C@@H]2O[C@@H](C)[C@H](O)[C@@H](O)[C@H]2O[C@@H]2O[C@@H](C)[C@H](O)[C@@H](O[C@@H]3O[C@H](CO)[C@@H](O)[C@H](O)[C@H]3NC(C)=O)[C@H]2O[C@@H]2O[C@@H](C)[C@H](O)[C@@H](O)[C@H]2O[C@@H]2O[C@@H](C)[C@H](O)[C@@H](O[C@@H]3O[C@H](CO)[C@@H](O)[C@H](O)[C@H]3NC(C)=O)[C@H]2O[C@@H]2O[C@@H](C)[C@H](O)[C@@H](O)[C@H]2O[C@@H]2O[C@@H](C)[C@H](O)[C@@H](O[C@@H]3O[C@H](CO)[C@@H](O)[C@H](O)[C@H]3NC(C)=O)[C@H]2O[C@@H]2O[C@@H](C)[C@H](O)[C@@H](O)[C@H]2O)O[C@H](CO)[C@@H](O)[C@@H]1O. The van der Waals surface area contributed by atoms with Crippen molar-refractivity contribution in [3.8, 4) is 0 Å². The van der Waals surface area contributed by atoms with E-state index < -0.39 is 418 Å². The molecule has 0 bridgehead atoms. The van der Waals surface area contributed by atoms with Crippen molar-refractivity contribution in [1.29, 1.82) is 0 Å². The fraction of sp³-hybridized carbons (Fsp3) is 0.950. The minimum absolute atomic E-state index is 0.818. The van der Waals surface area contributed by atoms with Crippen LogP contribution in [0.25, 0.3) is 0 Å². The molecule has 12 heterocycles. The molecule has 0 aromatic carbocycles. The van der Waals surface area contributed by atoms with E-state index in [1.165, 1.54) is 55.4 Å². The second kappa shape index (κ2) is 47.2. The largest absolute Gasteiger partial charge is 0.394 e. The molecule has 792 valence electrons. The maximum atomic E-state index is 13.1. The van der Waals surface area contributed by atoms with E-state index in [0.717, 1.165) is 27.7 Å². The first-order valence-corrected chi connectivity index (χ1v) is 45.0. The normalized spacial score (nSPS) is 52.4. The molecule has 30 N–H and O–H groups in total. The molecule has 4 amide bonds. The Morgan fingerprint density at radius 2 is 0.372 bits per heavy atom. The van der Waals surface area contributed by atoms with E-state index in [9.17, 15) is 152 Å². The molecule has 12 rings (SSSR count). The topological polar surface area (TPSA) is 855 Å². The van der Waals surface area contributed by atoms with Crippen molar-refractivity contribution >= 4 is 23.6 Å². The first kappa shape index (κ1) is 112. The molecular formula is C80H134N4O53. The van der Waals surface area contributed by atoms with Gasteiger partial charge in [-0.25, -0.2) is 0 Å². The summed E-state index contributed by atoms with van der Waals surface area (Å²) in [6.07, 6.45) is -115. The molecule has 12 aliphatic heterocycles. The zero-order valence-electron chi connectivity index (χ0n) is 76.1. The highest BCUT2D eigenvalue weighted by molar-refractivity contribution is 5.74. The van der Waals surface area contributed by atoms with Crippen LogP contribution in [-0.2, 0) is 128 Å². The van der Waals surface area contributed by atoms with Crippen LogP contribution in [0.4, 0.5) is 0 Å². The minimum Gasteiger partial charge on any atom is -0.394 e. The van der Waals surface area contributed by atoms with Crippen LogP contribution < -0.4 is 21.3 Å². The first-order chi connectivity index (χ1) is 64.4. The monoisotopic (exact) mass is 2000 g/mol. The summed E-state index contributed by atoms with van der Waals surface area (Å²) in [4.78, 5) is 51.6. The summed E-state index contributed by atoms with van der Waals surface area (Å²) in [5.74, 6) is -3.51. The number of hydrogen-bond donors (Lipinski definition) is 30. The molecule has 0 radical (unpaired) electrons. The number of ether oxygens (including phenoxy) is 23. The van der Waals surface area contributed by atoms with Crippen LogP contribution in [0.2, 0.25) is 0 Å². The zero-order chi connectivity index (χ0) is 101. The Morgan fingerprint density at radius 3 is 0.613 bits per heavy atom. The highest BCUT2D eigenvalue weighted by Gasteiger charge is 2.64. The standard InChI is InChI=1S/C80H134N4O53/c1-17-37(93)53(109)57(113)74(116-17)135-66-59(128-71-34(82-26(10)90)50(106)46(102)30(14-86)124-71)42(98)22(6)120-78(66)132-63-55(111)39(95)19(3)118-76(63)137-68-61(130-73-36(84-28(12)92)52(108)48(104)32(16-88)126-73)44(100)24(8)122-80(68)133-64-56(112)40(96)20(4)119-77(64)136-67-60(129-72-35(83-27(11)91)51(107)47(103)31(15-87)125-72)43(99)23(7)121-79(67)131-62-54(110)38(94)18(2)117-75(62)134-65-58(41(97)21(5)115-69(65)114)127-70-33(81-25(9)89)49(105)45(101)29(13-85)123-70/h17-24,29-80,85-88,93-114H,13-16H2,1-12H3,(H,81,89)(H,82,90)(H,83,91)(H,84,92)/t17-,18-,19-,20-,21-,22-,23-,24-,29+,30+,31+,32+,33+,34+,35+,36+,37-,38-,39-,40-,41-,42-,43-,44-,45+,46+,47+,48+,49+,50+,51+,52+,53+,54+,55+,56+,57+,58+,59+,60+,61+,62+,63+,64+,65+,66+,67+,68+,69+,70-,71-,72-,73-,74-,75-,76-,77-,78-,79-,80-/m0/s1. The van der Waals surface area contributed by atoms with Crippen molar-refractivity contribution in [3.05, 3.63) is 0 Å². The highest BCUT2D eigenvalue weighted by Crippen LogP contribution is 2.45. The molecule has 0 unspecified atom stereocenters. The Labute approximate surface area is 781 Å². The zero-order valence-corrected chi connectivity index (χ0v) is 76.1. The lowest BCUT2D eigenvalue weighted by molar-refractivity contribution is -0.429. The smallest absolute Gasteiger partial charge is 0.217 e. The predicted molar refractivity (Wildman–Crippen MR) is 430 cm³/mol. The van der Waals surface area contributed by atoms with Gasteiger partial charge in [0.05, 0.1) is 75.3 Å². The fourth-order valence-corrected chi connectivity index (χ4v) is 18.4. The Bertz CT molecular complexity index is 3840. The Hall–Kier alpha value is -4.08. The van der Waals surface area contributed by atoms with Gasteiger partial charge in [0.25, 0.3) is 0 Å². The van der Waals surface area contributed by atoms with E-state index in [0.29, 0.717) is 0 Å². The van der Waals surface area contributed by atoms with E-state index in [1.807, 2.05) is 0 Å². The van der Waals surface area contributed by atoms with Gasteiger partial charge in [-0.3, -0.25) is 19.2 Å². The number of carbonyl (C=O) groups is 4. The summed E-state index contributed by atoms with van der Waals surface area (Å²) >= 11 is 0. The molecule has 0 aromatic rings. The van der Waals surface area contributed by atoms with E-state index in [1.54, 1.807) is 0 Å². The number of aliphatic hydroxyl groups is 26. The summed E-state index contributed by atoms with van der Waals surface area (Å²) in [6, 6.07) is -7.27. The van der Waals surface area contributed by atoms with Crippen LogP contribution in [-0.4, -0.2) is 551 Å². The van der Waals surface area contributed by atoms with Gasteiger partial charge in [0.1, 0.15) is 244 Å². The lowest BCUT2D eigenvalue weighted by atomic mass is 9.94. The predicted octanol–water partition coefficient (Wildman–Crippen LogP) is -18.4. The number of aliphatic hydroxyl groups excluding tert-OH is 26. The summed E-state index contributed by atoms with van der Waals surface area (Å²) in [5, 5.41) is 311. The molecule has 12 saturated heterocycles. The number of hydrogen-bond acceptors (Lipinski definition) is 53. The number of nitrogens with one attached hydrogen (secondary N) is 4. The van der Waals surface area contributed by atoms with Gasteiger partial charge >= 0.3 is 0 Å². The Balaban J connectivity index is 0.961. The van der Waals surface area contributed by atoms with Gasteiger partial charge in [0, 0.05) is 27.7 Å². The van der Waals surface area contributed by atoms with Gasteiger partial charge in [-0.1, -0.05) is 0 Å². The van der Waals surface area contributed by atoms with Gasteiger partial charge in [-0.15, -0.1) is 0 Å². The summed E-state index contributed by atoms with van der Waals surface area (Å²) in [7, 11) is 0. The van der Waals surface area contributed by atoms with Crippen LogP contribution in [0.15, 0.2) is 0 Å². The number of rotatable bonds is 30. The van der Waals surface area contributed by atoms with Crippen LogP contribution in [0.3, 0.4) is 0 Å².